The Hall–Kier alpha value is -3.05. The Kier molecular flexibility index (Phi) is 7.78. The number of nitrogens with zero attached hydrogens (tertiary/aromatic N) is 1. The van der Waals surface area contributed by atoms with Crippen LogP contribution in [0.2, 0.25) is 0 Å². The first-order valence-corrected chi connectivity index (χ1v) is 14.2. The van der Waals surface area contributed by atoms with Crippen molar-refractivity contribution < 1.29 is 28.5 Å². The molecule has 6 atom stereocenters. The topological polar surface area (TPSA) is 86.3 Å². The summed E-state index contributed by atoms with van der Waals surface area (Å²) >= 11 is 1.58. The van der Waals surface area contributed by atoms with Gasteiger partial charge in [-0.1, -0.05) is 79.7 Å². The number of thioether (sulfide) groups is 1. The summed E-state index contributed by atoms with van der Waals surface area (Å²) in [6, 6.07) is 25.9. The van der Waals surface area contributed by atoms with Crippen LogP contribution in [0.1, 0.15) is 45.1 Å². The number of nitrogens with one attached hydrogen (secondary N) is 1. The second kappa shape index (κ2) is 11.6. The predicted molar refractivity (Wildman–Crippen MR) is 146 cm³/mol. The molecule has 0 saturated carbocycles. The third kappa shape index (κ3) is 5.26. The zero-order valence-electron chi connectivity index (χ0n) is 21.5. The molecule has 2 fully saturated rings. The van der Waals surface area contributed by atoms with E-state index in [1.54, 1.807) is 36.0 Å². The van der Waals surface area contributed by atoms with Crippen LogP contribution < -0.4 is 5.43 Å². The van der Waals surface area contributed by atoms with Crippen LogP contribution >= 0.6 is 11.8 Å². The van der Waals surface area contributed by atoms with Gasteiger partial charge in [0, 0.05) is 5.56 Å². The molecule has 0 aromatic heterocycles. The van der Waals surface area contributed by atoms with E-state index in [1.807, 2.05) is 67.6 Å². The van der Waals surface area contributed by atoms with E-state index in [9.17, 15) is 9.59 Å². The number of hydrazine groups is 1. The van der Waals surface area contributed by atoms with Gasteiger partial charge in [-0.25, -0.2) is 10.4 Å². The standard InChI is InChI=1S/C30H30N2O6S/c1-2-39-30-24(31-32-27(33)21-15-9-10-16-22(21)28(32)34)26(35-17-19-11-5-3-6-12-19)25-23(37-30)18-36-29(38-25)20-13-7-4-8-14-20/h3-16,23-26,29-31H,2,17-18H2,1H3/t23-,24-,25-,26-,29?,30+/m1/s1. The van der Waals surface area contributed by atoms with E-state index in [2.05, 4.69) is 5.43 Å². The number of ether oxygens (including phenoxy) is 4. The molecule has 0 radical (unpaired) electrons. The molecule has 6 rings (SSSR count). The smallest absolute Gasteiger partial charge is 0.276 e. The van der Waals surface area contributed by atoms with Gasteiger partial charge in [0.05, 0.1) is 30.4 Å². The fourth-order valence-electron chi connectivity index (χ4n) is 5.22. The summed E-state index contributed by atoms with van der Waals surface area (Å²) in [6.07, 6.45) is -2.02. The number of hydrogen-bond acceptors (Lipinski definition) is 8. The van der Waals surface area contributed by atoms with E-state index in [-0.39, 0.29) is 6.10 Å². The Bertz CT molecular complexity index is 1270. The van der Waals surface area contributed by atoms with Gasteiger partial charge in [0.15, 0.2) is 6.29 Å². The van der Waals surface area contributed by atoms with Crippen molar-refractivity contribution in [1.82, 2.24) is 10.4 Å². The predicted octanol–water partition coefficient (Wildman–Crippen LogP) is 4.33. The number of rotatable bonds is 8. The fourth-order valence-corrected chi connectivity index (χ4v) is 6.19. The number of hydrogen-bond donors (Lipinski definition) is 1. The monoisotopic (exact) mass is 546 g/mol. The van der Waals surface area contributed by atoms with Gasteiger partial charge in [0.1, 0.15) is 23.7 Å². The summed E-state index contributed by atoms with van der Waals surface area (Å²) in [5.41, 5.74) is 5.45. The fraction of sp³-hybridized carbons (Fsp3) is 0.333. The van der Waals surface area contributed by atoms with Crippen LogP contribution in [0.15, 0.2) is 84.9 Å². The number of benzene rings is 3. The van der Waals surface area contributed by atoms with Crippen molar-refractivity contribution >= 4 is 23.6 Å². The molecule has 3 aliphatic rings. The maximum Gasteiger partial charge on any atom is 0.276 e. The molecule has 3 aromatic rings. The first-order chi connectivity index (χ1) is 19.1. The molecule has 2 saturated heterocycles. The first-order valence-electron chi connectivity index (χ1n) is 13.1. The summed E-state index contributed by atoms with van der Waals surface area (Å²) in [5.74, 6) is -0.0214. The van der Waals surface area contributed by atoms with Crippen molar-refractivity contribution in [3.05, 3.63) is 107 Å². The van der Waals surface area contributed by atoms with Gasteiger partial charge in [-0.2, -0.15) is 0 Å². The Morgan fingerprint density at radius 2 is 1.54 bits per heavy atom. The second-order valence-corrected chi connectivity index (χ2v) is 11.0. The van der Waals surface area contributed by atoms with E-state index >= 15 is 0 Å². The zero-order valence-corrected chi connectivity index (χ0v) is 22.3. The lowest BCUT2D eigenvalue weighted by atomic mass is 9.96. The van der Waals surface area contributed by atoms with Crippen LogP contribution in [0.4, 0.5) is 0 Å². The number of fused-ring (bicyclic) bond motifs is 2. The summed E-state index contributed by atoms with van der Waals surface area (Å²) in [5, 5.41) is 1.09. The van der Waals surface area contributed by atoms with Gasteiger partial charge in [-0.05, 0) is 23.4 Å². The molecule has 8 nitrogen and oxygen atoms in total. The third-order valence-electron chi connectivity index (χ3n) is 7.10. The van der Waals surface area contributed by atoms with Crippen molar-refractivity contribution in [2.45, 2.75) is 49.6 Å². The van der Waals surface area contributed by atoms with Gasteiger partial charge in [-0.3, -0.25) is 9.59 Å². The molecule has 1 N–H and O–H groups in total. The summed E-state index contributed by atoms with van der Waals surface area (Å²) < 4.78 is 25.6. The molecule has 1 unspecified atom stereocenters. The molecule has 0 spiro atoms. The lowest BCUT2D eigenvalue weighted by Gasteiger charge is -2.50. The van der Waals surface area contributed by atoms with Gasteiger partial charge in [-0.15, -0.1) is 11.8 Å². The molecular weight excluding hydrogens is 516 g/mol. The largest absolute Gasteiger partial charge is 0.369 e. The lowest BCUT2D eigenvalue weighted by molar-refractivity contribution is -0.314. The van der Waals surface area contributed by atoms with Crippen molar-refractivity contribution in [2.75, 3.05) is 12.4 Å². The molecule has 3 heterocycles. The van der Waals surface area contributed by atoms with Crippen molar-refractivity contribution in [3.63, 3.8) is 0 Å². The minimum absolute atomic E-state index is 0.329. The molecule has 0 bridgehead atoms. The Morgan fingerprint density at radius 1 is 0.897 bits per heavy atom. The molecule has 2 amide bonds. The highest BCUT2D eigenvalue weighted by atomic mass is 32.2. The van der Waals surface area contributed by atoms with Crippen LogP contribution in [0.25, 0.3) is 0 Å². The Labute approximate surface area is 231 Å². The second-order valence-electron chi connectivity index (χ2n) is 9.58. The molecule has 39 heavy (non-hydrogen) atoms. The highest BCUT2D eigenvalue weighted by molar-refractivity contribution is 7.99. The quantitative estimate of drug-likeness (QED) is 0.418. The molecule has 9 heteroatoms. The van der Waals surface area contributed by atoms with Crippen LogP contribution in [0.3, 0.4) is 0 Å². The Morgan fingerprint density at radius 3 is 2.21 bits per heavy atom. The highest BCUT2D eigenvalue weighted by Gasteiger charge is 2.52. The van der Waals surface area contributed by atoms with E-state index in [1.165, 1.54) is 0 Å². The normalized spacial score (nSPS) is 28.3. The van der Waals surface area contributed by atoms with E-state index < -0.39 is 41.8 Å². The van der Waals surface area contributed by atoms with Crippen molar-refractivity contribution in [1.29, 1.82) is 0 Å². The number of carbonyl (C=O) groups is 2. The summed E-state index contributed by atoms with van der Waals surface area (Å²) in [4.78, 5) is 26.5. The SMILES string of the molecule is CCS[C@@H]1O[C@@H]2COC(c3ccccc3)O[C@H]2[C@H](OCc2ccccc2)[C@H]1NN1C(=O)c2ccccc2C1=O. The first kappa shape index (κ1) is 26.2. The molecular formula is C30H30N2O6S. The Balaban J connectivity index is 1.32. The minimum Gasteiger partial charge on any atom is -0.369 e. The van der Waals surface area contributed by atoms with E-state index in [0.29, 0.717) is 24.3 Å². The molecule has 0 aliphatic carbocycles. The van der Waals surface area contributed by atoms with Crippen molar-refractivity contribution in [2.24, 2.45) is 0 Å². The number of carbonyl (C=O) groups excluding carboxylic acids is 2. The summed E-state index contributed by atoms with van der Waals surface area (Å²) in [7, 11) is 0. The van der Waals surface area contributed by atoms with Crippen LogP contribution in [0, 0.1) is 0 Å². The van der Waals surface area contributed by atoms with Gasteiger partial charge < -0.3 is 18.9 Å². The maximum absolute atomic E-state index is 13.3. The number of amides is 2. The zero-order chi connectivity index (χ0) is 26.8. The average molecular weight is 547 g/mol. The number of imide groups is 1. The average Bonchev–Trinajstić information content (AvgIpc) is 3.22. The van der Waals surface area contributed by atoms with Gasteiger partial charge >= 0.3 is 0 Å². The third-order valence-corrected chi connectivity index (χ3v) is 8.17. The van der Waals surface area contributed by atoms with Crippen LogP contribution in [-0.4, -0.2) is 59.0 Å². The maximum atomic E-state index is 13.3. The molecule has 3 aliphatic heterocycles. The summed E-state index contributed by atoms with van der Waals surface area (Å²) in [6.45, 7) is 2.70. The van der Waals surface area contributed by atoms with Crippen LogP contribution in [-0.2, 0) is 25.6 Å². The van der Waals surface area contributed by atoms with E-state index in [4.69, 9.17) is 18.9 Å². The lowest BCUT2D eigenvalue weighted by Crippen LogP contribution is -2.68. The minimum atomic E-state index is -0.589. The molecule has 202 valence electrons. The van der Waals surface area contributed by atoms with E-state index in [0.717, 1.165) is 21.9 Å². The van der Waals surface area contributed by atoms with Gasteiger partial charge in [0.2, 0.25) is 0 Å². The van der Waals surface area contributed by atoms with Gasteiger partial charge in [0.25, 0.3) is 11.8 Å². The van der Waals surface area contributed by atoms with Crippen LogP contribution in [0.5, 0.6) is 0 Å². The van der Waals surface area contributed by atoms with Crippen molar-refractivity contribution in [3.8, 4) is 0 Å². The molecule has 3 aromatic carbocycles. The highest BCUT2D eigenvalue weighted by Crippen LogP contribution is 2.39.